The van der Waals surface area contributed by atoms with Crippen LogP contribution in [0.3, 0.4) is 0 Å². The van der Waals surface area contributed by atoms with E-state index in [0.717, 1.165) is 43.5 Å². The number of hydrogen-bond acceptors (Lipinski definition) is 1. The molecule has 0 unspecified atom stereocenters. The van der Waals surface area contributed by atoms with Crippen molar-refractivity contribution in [1.29, 1.82) is 0 Å². The van der Waals surface area contributed by atoms with Gasteiger partial charge in [-0.1, -0.05) is 30.3 Å². The third kappa shape index (κ3) is 1.52. The molecule has 0 amide bonds. The molecule has 22 heavy (non-hydrogen) atoms. The number of furan rings is 1. The highest BCUT2D eigenvalue weighted by Gasteiger charge is 2.10. The van der Waals surface area contributed by atoms with E-state index in [2.05, 4.69) is 24.3 Å². The van der Waals surface area contributed by atoms with Crippen molar-refractivity contribution in [3.8, 4) is 0 Å². The highest BCUT2D eigenvalue weighted by molar-refractivity contribution is 6.20. The van der Waals surface area contributed by atoms with Gasteiger partial charge in [-0.25, -0.2) is 4.39 Å². The molecule has 0 spiro atoms. The zero-order valence-electron chi connectivity index (χ0n) is 11.6. The number of fused-ring (bicyclic) bond motifs is 6. The summed E-state index contributed by atoms with van der Waals surface area (Å²) in [5.74, 6) is -0.212. The average Bonchev–Trinajstić information content (AvgIpc) is 2.92. The van der Waals surface area contributed by atoms with E-state index in [1.165, 1.54) is 6.07 Å². The first-order valence-electron chi connectivity index (χ1n) is 7.23. The molecule has 1 aromatic heterocycles. The highest BCUT2D eigenvalue weighted by atomic mass is 19.1. The highest BCUT2D eigenvalue weighted by Crippen LogP contribution is 2.36. The van der Waals surface area contributed by atoms with E-state index in [0.29, 0.717) is 0 Å². The van der Waals surface area contributed by atoms with Gasteiger partial charge in [-0.3, -0.25) is 0 Å². The minimum atomic E-state index is -0.212. The first-order valence-corrected chi connectivity index (χ1v) is 7.23. The van der Waals surface area contributed by atoms with Crippen LogP contribution >= 0.6 is 0 Å². The minimum Gasteiger partial charge on any atom is -0.456 e. The Hall–Kier alpha value is -2.87. The van der Waals surface area contributed by atoms with Crippen molar-refractivity contribution in [2.24, 2.45) is 0 Å². The summed E-state index contributed by atoms with van der Waals surface area (Å²) in [6, 6.07) is 21.1. The molecular formula is C20H11FO. The lowest BCUT2D eigenvalue weighted by Crippen LogP contribution is -1.80. The Labute approximate surface area is 125 Å². The van der Waals surface area contributed by atoms with Gasteiger partial charge in [0, 0.05) is 10.8 Å². The molecule has 1 nitrogen and oxygen atoms in total. The molecule has 0 aliphatic heterocycles. The molecular weight excluding hydrogens is 275 g/mol. The summed E-state index contributed by atoms with van der Waals surface area (Å²) < 4.78 is 19.4. The van der Waals surface area contributed by atoms with E-state index in [1.807, 2.05) is 30.3 Å². The molecule has 5 aromatic rings. The van der Waals surface area contributed by atoms with Crippen LogP contribution < -0.4 is 0 Å². The van der Waals surface area contributed by atoms with Gasteiger partial charge in [-0.05, 0) is 57.9 Å². The first-order chi connectivity index (χ1) is 10.8. The summed E-state index contributed by atoms with van der Waals surface area (Å²) in [6.07, 6.45) is 0. The van der Waals surface area contributed by atoms with Gasteiger partial charge in [0.15, 0.2) is 0 Å². The van der Waals surface area contributed by atoms with Gasteiger partial charge in [0.1, 0.15) is 17.0 Å². The molecule has 1 heterocycles. The summed E-state index contributed by atoms with van der Waals surface area (Å²) >= 11 is 0. The fourth-order valence-corrected chi connectivity index (χ4v) is 3.27. The van der Waals surface area contributed by atoms with Crippen LogP contribution in [-0.2, 0) is 0 Å². The monoisotopic (exact) mass is 286 g/mol. The Morgan fingerprint density at radius 1 is 0.636 bits per heavy atom. The van der Waals surface area contributed by atoms with Crippen molar-refractivity contribution in [1.82, 2.24) is 0 Å². The topological polar surface area (TPSA) is 13.1 Å². The summed E-state index contributed by atoms with van der Waals surface area (Å²) in [6.45, 7) is 0. The standard InChI is InChI=1S/C20H11FO/c21-15-7-5-12-9-13-6-8-19-20(17(13)11-14(12)10-15)16-3-1-2-4-18(16)22-19/h1-11H. The van der Waals surface area contributed by atoms with Crippen molar-refractivity contribution < 1.29 is 8.81 Å². The van der Waals surface area contributed by atoms with E-state index < -0.39 is 0 Å². The fourth-order valence-electron chi connectivity index (χ4n) is 3.27. The van der Waals surface area contributed by atoms with E-state index in [1.54, 1.807) is 6.07 Å². The molecule has 2 heteroatoms. The smallest absolute Gasteiger partial charge is 0.136 e. The third-order valence-electron chi connectivity index (χ3n) is 4.28. The van der Waals surface area contributed by atoms with Crippen LogP contribution in [0, 0.1) is 5.82 Å². The van der Waals surface area contributed by atoms with E-state index >= 15 is 0 Å². The lowest BCUT2D eigenvalue weighted by Gasteiger charge is -2.04. The predicted octanol–water partition coefficient (Wildman–Crippen LogP) is 6.03. The molecule has 4 aromatic carbocycles. The van der Waals surface area contributed by atoms with Crippen molar-refractivity contribution >= 4 is 43.5 Å². The molecule has 0 aliphatic carbocycles. The van der Waals surface area contributed by atoms with Crippen LogP contribution in [0.15, 0.2) is 71.1 Å². The minimum absolute atomic E-state index is 0.212. The zero-order valence-corrected chi connectivity index (χ0v) is 11.6. The molecule has 0 N–H and O–H groups in total. The van der Waals surface area contributed by atoms with Gasteiger partial charge in [0.05, 0.1) is 0 Å². The average molecular weight is 286 g/mol. The van der Waals surface area contributed by atoms with E-state index in [-0.39, 0.29) is 5.82 Å². The molecule has 0 saturated heterocycles. The van der Waals surface area contributed by atoms with Crippen molar-refractivity contribution in [3.05, 3.63) is 72.5 Å². The van der Waals surface area contributed by atoms with E-state index in [4.69, 9.17) is 4.42 Å². The predicted molar refractivity (Wildman–Crippen MR) is 88.7 cm³/mol. The fraction of sp³-hybridized carbons (Fsp3) is 0. The Morgan fingerprint density at radius 2 is 1.50 bits per heavy atom. The molecule has 104 valence electrons. The van der Waals surface area contributed by atoms with Gasteiger partial charge in [-0.2, -0.15) is 0 Å². The van der Waals surface area contributed by atoms with Gasteiger partial charge in [0.25, 0.3) is 0 Å². The number of halogens is 1. The Balaban J connectivity index is 2.05. The third-order valence-corrected chi connectivity index (χ3v) is 4.28. The van der Waals surface area contributed by atoms with E-state index in [9.17, 15) is 4.39 Å². The van der Waals surface area contributed by atoms with Crippen molar-refractivity contribution in [3.63, 3.8) is 0 Å². The lowest BCUT2D eigenvalue weighted by atomic mass is 9.99. The quantitative estimate of drug-likeness (QED) is 0.317. The maximum absolute atomic E-state index is 13.5. The molecule has 0 aliphatic rings. The Kier molecular flexibility index (Phi) is 2.18. The van der Waals surface area contributed by atoms with Crippen molar-refractivity contribution in [2.75, 3.05) is 0 Å². The maximum atomic E-state index is 13.5. The molecule has 0 saturated carbocycles. The summed E-state index contributed by atoms with van der Waals surface area (Å²) in [5, 5.41) is 6.38. The van der Waals surface area contributed by atoms with Gasteiger partial charge in [-0.15, -0.1) is 0 Å². The summed E-state index contributed by atoms with van der Waals surface area (Å²) in [5.41, 5.74) is 1.74. The number of benzene rings is 4. The van der Waals surface area contributed by atoms with Crippen LogP contribution in [0.5, 0.6) is 0 Å². The van der Waals surface area contributed by atoms with Crippen molar-refractivity contribution in [2.45, 2.75) is 0 Å². The normalized spacial score (nSPS) is 11.9. The molecule has 5 rings (SSSR count). The molecule has 0 fully saturated rings. The summed E-state index contributed by atoms with van der Waals surface area (Å²) in [7, 11) is 0. The number of para-hydroxylation sites is 1. The van der Waals surface area contributed by atoms with Gasteiger partial charge >= 0.3 is 0 Å². The van der Waals surface area contributed by atoms with Gasteiger partial charge < -0.3 is 4.42 Å². The number of hydrogen-bond donors (Lipinski definition) is 0. The van der Waals surface area contributed by atoms with Crippen LogP contribution in [0.2, 0.25) is 0 Å². The number of rotatable bonds is 0. The zero-order chi connectivity index (χ0) is 14.7. The second-order valence-electron chi connectivity index (χ2n) is 5.60. The van der Waals surface area contributed by atoms with Crippen LogP contribution in [0.4, 0.5) is 4.39 Å². The Bertz CT molecular complexity index is 1180. The van der Waals surface area contributed by atoms with Crippen LogP contribution in [0.1, 0.15) is 0 Å². The second kappa shape index (κ2) is 4.08. The lowest BCUT2D eigenvalue weighted by molar-refractivity contribution is 0.630. The molecule has 0 bridgehead atoms. The molecule has 0 atom stereocenters. The SMILES string of the molecule is Fc1ccc2cc3ccc4oc5ccccc5c4c3cc2c1. The molecule has 0 radical (unpaired) electrons. The Morgan fingerprint density at radius 3 is 2.45 bits per heavy atom. The van der Waals surface area contributed by atoms with Gasteiger partial charge in [0.2, 0.25) is 0 Å². The van der Waals surface area contributed by atoms with Crippen LogP contribution in [-0.4, -0.2) is 0 Å². The second-order valence-corrected chi connectivity index (χ2v) is 5.60. The summed E-state index contributed by atoms with van der Waals surface area (Å²) in [4.78, 5) is 0. The first kappa shape index (κ1) is 11.8. The largest absolute Gasteiger partial charge is 0.456 e. The van der Waals surface area contributed by atoms with Crippen LogP contribution in [0.25, 0.3) is 43.5 Å². The maximum Gasteiger partial charge on any atom is 0.136 e.